The normalized spacial score (nSPS) is 31.2. The van der Waals surface area contributed by atoms with E-state index in [-0.39, 0.29) is 0 Å². The van der Waals surface area contributed by atoms with E-state index in [0.717, 1.165) is 24.9 Å². The molecule has 0 aromatic rings. The third kappa shape index (κ3) is 2.35. The quantitative estimate of drug-likeness (QED) is 0.626. The highest BCUT2D eigenvalue weighted by atomic mass is 35.5. The molecule has 0 saturated carbocycles. The molecule has 0 radical (unpaired) electrons. The van der Waals surface area contributed by atoms with Gasteiger partial charge in [-0.05, 0) is 18.9 Å². The van der Waals surface area contributed by atoms with Crippen LogP contribution >= 0.6 is 11.6 Å². The summed E-state index contributed by atoms with van der Waals surface area (Å²) in [5.74, 6) is 1.50. The van der Waals surface area contributed by atoms with Gasteiger partial charge in [-0.15, -0.1) is 11.6 Å². The summed E-state index contributed by atoms with van der Waals surface area (Å²) in [6.07, 6.45) is 1.28. The van der Waals surface area contributed by atoms with Gasteiger partial charge in [0.1, 0.15) is 0 Å². The molecule has 2 nitrogen and oxygen atoms in total. The largest absolute Gasteiger partial charge is 0.383 e. The van der Waals surface area contributed by atoms with Crippen molar-refractivity contribution in [3.63, 3.8) is 0 Å². The minimum Gasteiger partial charge on any atom is -0.383 e. The van der Waals surface area contributed by atoms with Gasteiger partial charge in [0.15, 0.2) is 0 Å². The first-order valence-corrected chi connectivity index (χ1v) is 5.12. The van der Waals surface area contributed by atoms with Crippen LogP contribution in [0.15, 0.2) is 0 Å². The van der Waals surface area contributed by atoms with Gasteiger partial charge in [-0.1, -0.05) is 6.92 Å². The van der Waals surface area contributed by atoms with Crippen molar-refractivity contribution in [3.8, 4) is 0 Å². The maximum atomic E-state index is 5.89. The van der Waals surface area contributed by atoms with Gasteiger partial charge in [-0.25, -0.2) is 0 Å². The summed E-state index contributed by atoms with van der Waals surface area (Å²) in [6, 6.07) is 0.571. The summed E-state index contributed by atoms with van der Waals surface area (Å²) in [5.41, 5.74) is 0. The van der Waals surface area contributed by atoms with Crippen molar-refractivity contribution in [1.29, 1.82) is 0 Å². The summed E-state index contributed by atoms with van der Waals surface area (Å²) in [7, 11) is 1.75. The first-order valence-electron chi connectivity index (χ1n) is 4.58. The molecule has 0 amide bonds. The van der Waals surface area contributed by atoms with E-state index >= 15 is 0 Å². The number of halogens is 1. The monoisotopic (exact) mass is 191 g/mol. The lowest BCUT2D eigenvalue weighted by Gasteiger charge is -2.24. The SMILES string of the molecule is COCCN1CCC(C)C1CCl. The highest BCUT2D eigenvalue weighted by Gasteiger charge is 2.29. The number of hydrogen-bond donors (Lipinski definition) is 0. The molecule has 2 unspecified atom stereocenters. The molecule has 1 aliphatic heterocycles. The molecular formula is C9H18ClNO. The molecule has 1 saturated heterocycles. The van der Waals surface area contributed by atoms with E-state index in [2.05, 4.69) is 11.8 Å². The molecule has 72 valence electrons. The van der Waals surface area contributed by atoms with Gasteiger partial charge >= 0.3 is 0 Å². The standard InChI is InChI=1S/C9H18ClNO/c1-8-3-4-11(5-6-12-2)9(8)7-10/h8-9H,3-7H2,1-2H3. The van der Waals surface area contributed by atoms with Crippen LogP contribution in [0.1, 0.15) is 13.3 Å². The Labute approximate surface area is 79.8 Å². The zero-order valence-corrected chi connectivity index (χ0v) is 8.68. The number of ether oxygens (including phenoxy) is 1. The van der Waals surface area contributed by atoms with Crippen LogP contribution < -0.4 is 0 Å². The Morgan fingerprint density at radius 2 is 2.33 bits per heavy atom. The fourth-order valence-corrected chi connectivity index (χ4v) is 2.32. The van der Waals surface area contributed by atoms with Crippen LogP contribution in [0.5, 0.6) is 0 Å². The molecule has 0 spiro atoms. The second-order valence-corrected chi connectivity index (χ2v) is 3.82. The van der Waals surface area contributed by atoms with Gasteiger partial charge in [0.05, 0.1) is 6.61 Å². The molecule has 0 N–H and O–H groups in total. The average Bonchev–Trinajstić information content (AvgIpc) is 2.43. The third-order valence-electron chi connectivity index (χ3n) is 2.74. The van der Waals surface area contributed by atoms with Crippen molar-refractivity contribution < 1.29 is 4.74 Å². The van der Waals surface area contributed by atoms with E-state index in [1.807, 2.05) is 0 Å². The Morgan fingerprint density at radius 3 is 2.92 bits per heavy atom. The molecule has 1 heterocycles. The topological polar surface area (TPSA) is 12.5 Å². The van der Waals surface area contributed by atoms with Gasteiger partial charge in [0.25, 0.3) is 0 Å². The molecule has 1 aliphatic rings. The van der Waals surface area contributed by atoms with E-state index in [0.29, 0.717) is 6.04 Å². The molecule has 0 aromatic heterocycles. The number of methoxy groups -OCH3 is 1. The van der Waals surface area contributed by atoms with Crippen molar-refractivity contribution in [2.45, 2.75) is 19.4 Å². The van der Waals surface area contributed by atoms with Crippen LogP contribution in [-0.4, -0.2) is 43.6 Å². The minimum atomic E-state index is 0.571. The summed E-state index contributed by atoms with van der Waals surface area (Å²) >= 11 is 5.89. The smallest absolute Gasteiger partial charge is 0.0589 e. The van der Waals surface area contributed by atoms with E-state index in [1.54, 1.807) is 7.11 Å². The fraction of sp³-hybridized carbons (Fsp3) is 1.00. The Bertz CT molecular complexity index is 132. The predicted octanol–water partition coefficient (Wildman–Crippen LogP) is 1.58. The van der Waals surface area contributed by atoms with E-state index in [1.165, 1.54) is 13.0 Å². The van der Waals surface area contributed by atoms with Crippen molar-refractivity contribution in [2.24, 2.45) is 5.92 Å². The first-order chi connectivity index (χ1) is 5.79. The Morgan fingerprint density at radius 1 is 1.58 bits per heavy atom. The molecule has 1 rings (SSSR count). The lowest BCUT2D eigenvalue weighted by molar-refractivity contribution is 0.141. The summed E-state index contributed by atoms with van der Waals surface area (Å²) in [6.45, 7) is 5.31. The molecule has 0 aromatic carbocycles. The highest BCUT2D eigenvalue weighted by Crippen LogP contribution is 2.24. The minimum absolute atomic E-state index is 0.571. The third-order valence-corrected chi connectivity index (χ3v) is 3.05. The molecule has 0 bridgehead atoms. The van der Waals surface area contributed by atoms with Gasteiger partial charge in [-0.3, -0.25) is 4.90 Å². The number of rotatable bonds is 4. The van der Waals surface area contributed by atoms with Crippen LogP contribution in [0.4, 0.5) is 0 Å². The second kappa shape index (κ2) is 5.05. The second-order valence-electron chi connectivity index (χ2n) is 3.52. The number of nitrogens with zero attached hydrogens (tertiary/aromatic N) is 1. The Kier molecular flexibility index (Phi) is 4.33. The zero-order valence-electron chi connectivity index (χ0n) is 7.92. The van der Waals surface area contributed by atoms with Crippen LogP contribution in [0.2, 0.25) is 0 Å². The van der Waals surface area contributed by atoms with Gasteiger partial charge in [0, 0.05) is 25.6 Å². The summed E-state index contributed by atoms with van der Waals surface area (Å²) in [4.78, 5) is 2.43. The van der Waals surface area contributed by atoms with Crippen LogP contribution in [0, 0.1) is 5.92 Å². The Balaban J connectivity index is 2.32. The molecular weight excluding hydrogens is 174 g/mol. The van der Waals surface area contributed by atoms with Crippen LogP contribution in [0.25, 0.3) is 0 Å². The summed E-state index contributed by atoms with van der Waals surface area (Å²) < 4.78 is 5.05. The van der Waals surface area contributed by atoms with Gasteiger partial charge in [-0.2, -0.15) is 0 Å². The maximum absolute atomic E-state index is 5.89. The number of hydrogen-bond acceptors (Lipinski definition) is 2. The van der Waals surface area contributed by atoms with Crippen molar-refractivity contribution >= 4 is 11.6 Å². The number of alkyl halides is 1. The Hall–Kier alpha value is 0.210. The average molecular weight is 192 g/mol. The van der Waals surface area contributed by atoms with Gasteiger partial charge < -0.3 is 4.74 Å². The molecule has 1 fully saturated rings. The predicted molar refractivity (Wildman–Crippen MR) is 51.7 cm³/mol. The maximum Gasteiger partial charge on any atom is 0.0589 e. The number of likely N-dealkylation sites (tertiary alicyclic amines) is 1. The molecule has 12 heavy (non-hydrogen) atoms. The van der Waals surface area contributed by atoms with Gasteiger partial charge in [0.2, 0.25) is 0 Å². The summed E-state index contributed by atoms with van der Waals surface area (Å²) in [5, 5.41) is 0. The van der Waals surface area contributed by atoms with Crippen LogP contribution in [-0.2, 0) is 4.74 Å². The van der Waals surface area contributed by atoms with Crippen LogP contribution in [0.3, 0.4) is 0 Å². The van der Waals surface area contributed by atoms with E-state index in [4.69, 9.17) is 16.3 Å². The van der Waals surface area contributed by atoms with E-state index < -0.39 is 0 Å². The highest BCUT2D eigenvalue weighted by molar-refractivity contribution is 6.18. The van der Waals surface area contributed by atoms with Crippen molar-refractivity contribution in [1.82, 2.24) is 4.90 Å². The lowest BCUT2D eigenvalue weighted by atomic mass is 10.1. The fourth-order valence-electron chi connectivity index (χ4n) is 1.82. The molecule has 2 atom stereocenters. The molecule has 0 aliphatic carbocycles. The van der Waals surface area contributed by atoms with Crippen molar-refractivity contribution in [3.05, 3.63) is 0 Å². The van der Waals surface area contributed by atoms with Crippen molar-refractivity contribution in [2.75, 3.05) is 32.7 Å². The zero-order chi connectivity index (χ0) is 8.97. The first kappa shape index (κ1) is 10.3. The lowest BCUT2D eigenvalue weighted by Crippen LogP contribution is -2.35. The molecule has 3 heteroatoms. The van der Waals surface area contributed by atoms with E-state index in [9.17, 15) is 0 Å².